The standard InChI is InChI=1S/C23H31N3O4/c1-14-15(2)22(28)25(5)10-17(14)16-8-19(29-6)18(20(9-16)30-7)11-26-12-21(27)24-23(3,4)13-26/h8-10H,11-13H2,1-7H3,(H,24,27). The van der Waals surface area contributed by atoms with Crippen LogP contribution in [0.25, 0.3) is 11.1 Å². The number of amides is 1. The molecule has 1 aromatic heterocycles. The highest BCUT2D eigenvalue weighted by atomic mass is 16.5. The molecule has 2 aromatic rings. The van der Waals surface area contributed by atoms with Crippen molar-refractivity contribution in [3.05, 3.63) is 45.4 Å². The molecule has 0 bridgehead atoms. The van der Waals surface area contributed by atoms with Crippen molar-refractivity contribution >= 4 is 5.91 Å². The summed E-state index contributed by atoms with van der Waals surface area (Å²) in [6, 6.07) is 3.94. The van der Waals surface area contributed by atoms with Gasteiger partial charge in [0.25, 0.3) is 5.56 Å². The van der Waals surface area contributed by atoms with Gasteiger partial charge in [0.1, 0.15) is 11.5 Å². The monoisotopic (exact) mass is 413 g/mol. The Hall–Kier alpha value is -2.80. The van der Waals surface area contributed by atoms with Crippen molar-refractivity contribution in [3.8, 4) is 22.6 Å². The molecule has 0 aliphatic carbocycles. The zero-order valence-electron chi connectivity index (χ0n) is 18.9. The third kappa shape index (κ3) is 4.21. The molecule has 1 saturated heterocycles. The number of piperazine rings is 1. The van der Waals surface area contributed by atoms with Crippen LogP contribution in [0, 0.1) is 13.8 Å². The maximum absolute atomic E-state index is 12.2. The Kier molecular flexibility index (Phi) is 5.94. The lowest BCUT2D eigenvalue weighted by atomic mass is 9.96. The van der Waals surface area contributed by atoms with Crippen LogP contribution in [0.1, 0.15) is 30.5 Å². The average Bonchev–Trinajstić information content (AvgIpc) is 2.67. The molecule has 0 spiro atoms. The van der Waals surface area contributed by atoms with Crippen LogP contribution < -0.4 is 20.3 Å². The Labute approximate surface area is 177 Å². The molecular formula is C23H31N3O4. The molecule has 162 valence electrons. The number of pyridine rings is 1. The fourth-order valence-electron chi connectivity index (χ4n) is 4.17. The maximum Gasteiger partial charge on any atom is 0.253 e. The number of nitrogens with zero attached hydrogens (tertiary/aromatic N) is 2. The normalized spacial score (nSPS) is 16.3. The Morgan fingerprint density at radius 3 is 2.20 bits per heavy atom. The molecule has 1 amide bonds. The smallest absolute Gasteiger partial charge is 0.253 e. The number of rotatable bonds is 5. The van der Waals surface area contributed by atoms with Crippen molar-refractivity contribution in [1.29, 1.82) is 0 Å². The Bertz CT molecular complexity index is 1010. The Morgan fingerprint density at radius 2 is 1.67 bits per heavy atom. The lowest BCUT2D eigenvalue weighted by Gasteiger charge is -2.38. The summed E-state index contributed by atoms with van der Waals surface area (Å²) in [6.45, 7) is 9.41. The third-order valence-electron chi connectivity index (χ3n) is 5.69. The van der Waals surface area contributed by atoms with Crippen molar-refractivity contribution in [1.82, 2.24) is 14.8 Å². The van der Waals surface area contributed by atoms with Gasteiger partial charge in [0.2, 0.25) is 5.91 Å². The van der Waals surface area contributed by atoms with E-state index in [2.05, 4.69) is 10.2 Å². The predicted octanol–water partition coefficient (Wildman–Crippen LogP) is 2.40. The van der Waals surface area contributed by atoms with Gasteiger partial charge in [-0.05, 0) is 51.0 Å². The zero-order valence-corrected chi connectivity index (χ0v) is 18.9. The second kappa shape index (κ2) is 8.14. The number of ether oxygens (including phenoxy) is 2. The van der Waals surface area contributed by atoms with E-state index in [1.165, 1.54) is 0 Å². The van der Waals surface area contributed by atoms with Crippen molar-refractivity contribution in [2.24, 2.45) is 7.05 Å². The fourth-order valence-corrected chi connectivity index (χ4v) is 4.17. The van der Waals surface area contributed by atoms with Crippen LogP contribution in [0.2, 0.25) is 0 Å². The van der Waals surface area contributed by atoms with E-state index < -0.39 is 0 Å². The maximum atomic E-state index is 12.2. The SMILES string of the molecule is COc1cc(-c2cn(C)c(=O)c(C)c2C)cc(OC)c1CN1CC(=O)NC(C)(C)C1. The summed E-state index contributed by atoms with van der Waals surface area (Å²) >= 11 is 0. The van der Waals surface area contributed by atoms with E-state index in [0.717, 1.165) is 34.4 Å². The van der Waals surface area contributed by atoms with Crippen LogP contribution in [0.4, 0.5) is 0 Å². The summed E-state index contributed by atoms with van der Waals surface area (Å²) in [5.74, 6) is 1.40. The lowest BCUT2D eigenvalue weighted by molar-refractivity contribution is -0.127. The van der Waals surface area contributed by atoms with E-state index >= 15 is 0 Å². The van der Waals surface area contributed by atoms with Gasteiger partial charge in [-0.3, -0.25) is 14.5 Å². The minimum atomic E-state index is -0.292. The van der Waals surface area contributed by atoms with Crippen molar-refractivity contribution in [3.63, 3.8) is 0 Å². The summed E-state index contributed by atoms with van der Waals surface area (Å²) < 4.78 is 13.0. The Morgan fingerprint density at radius 1 is 1.07 bits per heavy atom. The number of methoxy groups -OCH3 is 2. The van der Waals surface area contributed by atoms with Crippen molar-refractivity contribution < 1.29 is 14.3 Å². The number of hydrogen-bond acceptors (Lipinski definition) is 5. The number of carbonyl (C=O) groups excluding carboxylic acids is 1. The first-order valence-electron chi connectivity index (χ1n) is 10.0. The average molecular weight is 414 g/mol. The van der Waals surface area contributed by atoms with Gasteiger partial charge in [-0.25, -0.2) is 0 Å². The molecule has 7 nitrogen and oxygen atoms in total. The van der Waals surface area contributed by atoms with Gasteiger partial charge in [0, 0.05) is 43.0 Å². The summed E-state index contributed by atoms with van der Waals surface area (Å²) in [4.78, 5) is 26.5. The molecule has 7 heteroatoms. The largest absolute Gasteiger partial charge is 0.496 e. The summed E-state index contributed by atoms with van der Waals surface area (Å²) in [7, 11) is 5.02. The molecule has 2 heterocycles. The van der Waals surface area contributed by atoms with Gasteiger partial charge in [-0.1, -0.05) is 0 Å². The fraction of sp³-hybridized carbons (Fsp3) is 0.478. The lowest BCUT2D eigenvalue weighted by Crippen LogP contribution is -2.59. The highest BCUT2D eigenvalue weighted by Crippen LogP contribution is 2.37. The zero-order chi connectivity index (χ0) is 22.2. The number of aromatic nitrogens is 1. The molecule has 1 fully saturated rings. The topological polar surface area (TPSA) is 72.8 Å². The van der Waals surface area contributed by atoms with E-state index in [1.807, 2.05) is 46.0 Å². The van der Waals surface area contributed by atoms with E-state index in [9.17, 15) is 9.59 Å². The number of carbonyl (C=O) groups is 1. The van der Waals surface area contributed by atoms with Crippen molar-refractivity contribution in [2.75, 3.05) is 27.3 Å². The third-order valence-corrected chi connectivity index (χ3v) is 5.69. The minimum Gasteiger partial charge on any atom is -0.496 e. The molecule has 1 aliphatic rings. The van der Waals surface area contributed by atoms with Gasteiger partial charge in [-0.2, -0.15) is 0 Å². The second-order valence-electron chi connectivity index (χ2n) is 8.65. The predicted molar refractivity (Wildman–Crippen MR) is 117 cm³/mol. The van der Waals surface area contributed by atoms with Gasteiger partial charge in [0.15, 0.2) is 0 Å². The van der Waals surface area contributed by atoms with Crippen LogP contribution in [-0.2, 0) is 18.4 Å². The summed E-state index contributed by atoms with van der Waals surface area (Å²) in [6.07, 6.45) is 1.84. The van der Waals surface area contributed by atoms with Gasteiger partial charge in [-0.15, -0.1) is 0 Å². The number of aryl methyl sites for hydroxylation is 1. The second-order valence-corrected chi connectivity index (χ2v) is 8.65. The molecule has 30 heavy (non-hydrogen) atoms. The summed E-state index contributed by atoms with van der Waals surface area (Å²) in [5.41, 5.74) is 4.13. The highest BCUT2D eigenvalue weighted by molar-refractivity contribution is 5.80. The highest BCUT2D eigenvalue weighted by Gasteiger charge is 2.31. The molecule has 0 atom stereocenters. The molecule has 0 radical (unpaired) electrons. The van der Waals surface area contributed by atoms with Gasteiger partial charge < -0.3 is 19.4 Å². The molecule has 1 aliphatic heterocycles. The van der Waals surface area contributed by atoms with Gasteiger partial charge >= 0.3 is 0 Å². The molecule has 0 unspecified atom stereocenters. The van der Waals surface area contributed by atoms with Crippen LogP contribution in [0.3, 0.4) is 0 Å². The van der Waals surface area contributed by atoms with E-state index in [-0.39, 0.29) is 17.0 Å². The van der Waals surface area contributed by atoms with E-state index in [0.29, 0.717) is 24.6 Å². The quantitative estimate of drug-likeness (QED) is 0.815. The van der Waals surface area contributed by atoms with Gasteiger partial charge in [0.05, 0.1) is 26.3 Å². The Balaban J connectivity index is 2.06. The van der Waals surface area contributed by atoms with Crippen LogP contribution in [0.5, 0.6) is 11.5 Å². The minimum absolute atomic E-state index is 0.00205. The first-order valence-corrected chi connectivity index (χ1v) is 10.0. The number of benzene rings is 1. The van der Waals surface area contributed by atoms with Crippen LogP contribution in [-0.4, -0.2) is 48.2 Å². The van der Waals surface area contributed by atoms with Crippen LogP contribution in [0.15, 0.2) is 23.1 Å². The number of hydrogen-bond donors (Lipinski definition) is 1. The summed E-state index contributed by atoms with van der Waals surface area (Å²) in [5, 5.41) is 3.01. The van der Waals surface area contributed by atoms with Crippen molar-refractivity contribution in [2.45, 2.75) is 39.8 Å². The molecule has 1 N–H and O–H groups in total. The molecule has 3 rings (SSSR count). The van der Waals surface area contributed by atoms with E-state index in [1.54, 1.807) is 25.8 Å². The van der Waals surface area contributed by atoms with E-state index in [4.69, 9.17) is 9.47 Å². The first-order chi connectivity index (χ1) is 14.1. The number of nitrogens with one attached hydrogen (secondary N) is 1. The molecule has 1 aromatic carbocycles. The molecule has 0 saturated carbocycles. The first kappa shape index (κ1) is 21.9. The molecular weight excluding hydrogens is 382 g/mol. The van der Waals surface area contributed by atoms with Crippen LogP contribution >= 0.6 is 0 Å².